The van der Waals surface area contributed by atoms with Crippen LogP contribution in [0.15, 0.2) is 16.9 Å². The normalized spacial score (nSPS) is 26.8. The number of nitrogens with zero attached hydrogens (tertiary/aromatic N) is 3. The van der Waals surface area contributed by atoms with Crippen LogP contribution < -0.4 is 5.56 Å². The zero-order chi connectivity index (χ0) is 21.5. The molecule has 3 aliphatic rings. The molecule has 2 aliphatic heterocycles. The van der Waals surface area contributed by atoms with E-state index in [1.54, 1.807) is 4.90 Å². The molecule has 166 valence electrons. The number of nitrogens with one attached hydrogen (secondary N) is 1. The molecule has 1 saturated heterocycles. The van der Waals surface area contributed by atoms with Gasteiger partial charge in [0.2, 0.25) is 0 Å². The highest BCUT2D eigenvalue weighted by Gasteiger charge is 2.36. The Labute approximate surface area is 187 Å². The van der Waals surface area contributed by atoms with Crippen molar-refractivity contribution in [1.82, 2.24) is 19.8 Å². The first kappa shape index (κ1) is 20.9. The van der Waals surface area contributed by atoms with Crippen LogP contribution in [-0.2, 0) is 13.0 Å². The molecule has 1 aliphatic carbocycles. The highest BCUT2D eigenvalue weighted by molar-refractivity contribution is 7.13. The zero-order valence-corrected chi connectivity index (χ0v) is 19.3. The van der Waals surface area contributed by atoms with E-state index in [9.17, 15) is 9.59 Å². The SMILES string of the molecule is Cc1ccc(C(=O)N2CCc3nc(C4CCCN4C4CCC(C)CC4)[nH]c(=O)c3C2)s1. The topological polar surface area (TPSA) is 69.3 Å². The number of hydrogen-bond acceptors (Lipinski definition) is 5. The molecule has 2 aromatic rings. The van der Waals surface area contributed by atoms with Crippen molar-refractivity contribution in [3.8, 4) is 0 Å². The van der Waals surface area contributed by atoms with Gasteiger partial charge < -0.3 is 9.88 Å². The highest BCUT2D eigenvalue weighted by atomic mass is 32.1. The average molecular weight is 441 g/mol. The summed E-state index contributed by atoms with van der Waals surface area (Å²) in [6.45, 7) is 6.43. The van der Waals surface area contributed by atoms with Crippen molar-refractivity contribution in [2.75, 3.05) is 13.1 Å². The minimum atomic E-state index is -0.0658. The van der Waals surface area contributed by atoms with Crippen molar-refractivity contribution >= 4 is 17.2 Å². The Morgan fingerprint density at radius 3 is 2.71 bits per heavy atom. The summed E-state index contributed by atoms with van der Waals surface area (Å²) >= 11 is 1.51. The van der Waals surface area contributed by atoms with Crippen LogP contribution in [0, 0.1) is 12.8 Å². The molecule has 2 aromatic heterocycles. The minimum absolute atomic E-state index is 0.0146. The van der Waals surface area contributed by atoms with Crippen LogP contribution in [0.1, 0.15) is 83.1 Å². The Kier molecular flexibility index (Phi) is 5.73. The van der Waals surface area contributed by atoms with Crippen LogP contribution in [0.4, 0.5) is 0 Å². The molecule has 0 bridgehead atoms. The molecule has 5 rings (SSSR count). The van der Waals surface area contributed by atoms with Crippen molar-refractivity contribution in [1.29, 1.82) is 0 Å². The van der Waals surface area contributed by atoms with Crippen molar-refractivity contribution in [2.45, 2.75) is 77.4 Å². The summed E-state index contributed by atoms with van der Waals surface area (Å²) in [6.07, 6.45) is 8.00. The lowest BCUT2D eigenvalue weighted by Gasteiger charge is -2.37. The number of aryl methyl sites for hydroxylation is 1. The van der Waals surface area contributed by atoms with E-state index in [1.807, 2.05) is 19.1 Å². The van der Waals surface area contributed by atoms with Gasteiger partial charge >= 0.3 is 0 Å². The lowest BCUT2D eigenvalue weighted by Crippen LogP contribution is -2.41. The Bertz CT molecular complexity index is 1020. The van der Waals surface area contributed by atoms with Gasteiger partial charge in [0.25, 0.3) is 11.5 Å². The third-order valence-corrected chi connectivity index (χ3v) is 8.38. The summed E-state index contributed by atoms with van der Waals surface area (Å²) < 4.78 is 0. The minimum Gasteiger partial charge on any atom is -0.333 e. The number of fused-ring (bicyclic) bond motifs is 1. The summed E-state index contributed by atoms with van der Waals surface area (Å²) in [4.78, 5) is 40.2. The second-order valence-electron chi connectivity index (χ2n) is 9.57. The van der Waals surface area contributed by atoms with E-state index in [0.717, 1.165) is 40.2 Å². The molecule has 4 heterocycles. The molecule has 1 atom stereocenters. The number of carbonyl (C=O) groups excluding carboxylic acids is 1. The van der Waals surface area contributed by atoms with Gasteiger partial charge in [-0.1, -0.05) is 6.92 Å². The third-order valence-electron chi connectivity index (χ3n) is 7.39. The molecule has 31 heavy (non-hydrogen) atoms. The van der Waals surface area contributed by atoms with Crippen LogP contribution in [0.5, 0.6) is 0 Å². The Morgan fingerprint density at radius 2 is 1.97 bits per heavy atom. The average Bonchev–Trinajstić information content (AvgIpc) is 3.43. The lowest BCUT2D eigenvalue weighted by molar-refractivity contribution is 0.0736. The maximum atomic E-state index is 13.0. The molecule has 1 saturated carbocycles. The third kappa shape index (κ3) is 4.10. The van der Waals surface area contributed by atoms with Crippen molar-refractivity contribution in [3.05, 3.63) is 49.3 Å². The van der Waals surface area contributed by atoms with Crippen molar-refractivity contribution in [3.63, 3.8) is 0 Å². The van der Waals surface area contributed by atoms with E-state index in [4.69, 9.17) is 4.98 Å². The number of aromatic amines is 1. The monoisotopic (exact) mass is 440 g/mol. The number of carbonyl (C=O) groups is 1. The summed E-state index contributed by atoms with van der Waals surface area (Å²) in [7, 11) is 0. The number of thiophene rings is 1. The van der Waals surface area contributed by atoms with E-state index in [1.165, 1.54) is 43.4 Å². The number of rotatable bonds is 3. The van der Waals surface area contributed by atoms with Gasteiger partial charge in [-0.3, -0.25) is 14.5 Å². The van der Waals surface area contributed by atoms with E-state index in [0.29, 0.717) is 31.1 Å². The van der Waals surface area contributed by atoms with E-state index >= 15 is 0 Å². The molecule has 1 N–H and O–H groups in total. The van der Waals surface area contributed by atoms with Gasteiger partial charge in [0.15, 0.2) is 0 Å². The maximum absolute atomic E-state index is 13.0. The van der Waals surface area contributed by atoms with Gasteiger partial charge in [0.05, 0.1) is 28.7 Å². The summed E-state index contributed by atoms with van der Waals surface area (Å²) in [5.74, 6) is 1.69. The highest BCUT2D eigenvalue weighted by Crippen LogP contribution is 2.37. The number of aromatic nitrogens is 2. The molecule has 0 aromatic carbocycles. The fourth-order valence-corrected chi connectivity index (χ4v) is 6.41. The van der Waals surface area contributed by atoms with E-state index in [2.05, 4.69) is 16.8 Å². The van der Waals surface area contributed by atoms with Crippen LogP contribution >= 0.6 is 11.3 Å². The maximum Gasteiger partial charge on any atom is 0.264 e. The Morgan fingerprint density at radius 1 is 1.16 bits per heavy atom. The fraction of sp³-hybridized carbons (Fsp3) is 0.625. The largest absolute Gasteiger partial charge is 0.333 e. The van der Waals surface area contributed by atoms with Gasteiger partial charge in [-0.15, -0.1) is 11.3 Å². The molecule has 0 spiro atoms. The second-order valence-corrected chi connectivity index (χ2v) is 10.9. The molecular weight excluding hydrogens is 408 g/mol. The molecular formula is C24H32N4O2S. The van der Waals surface area contributed by atoms with Crippen molar-refractivity contribution < 1.29 is 4.79 Å². The first-order valence-electron chi connectivity index (χ1n) is 11.7. The quantitative estimate of drug-likeness (QED) is 0.782. The van der Waals surface area contributed by atoms with Gasteiger partial charge in [-0.2, -0.15) is 0 Å². The van der Waals surface area contributed by atoms with E-state index in [-0.39, 0.29) is 17.5 Å². The molecule has 7 heteroatoms. The number of H-pyrrole nitrogens is 1. The van der Waals surface area contributed by atoms with Gasteiger partial charge in [-0.25, -0.2) is 4.98 Å². The zero-order valence-electron chi connectivity index (χ0n) is 18.5. The number of amides is 1. The number of likely N-dealkylation sites (tertiary alicyclic amines) is 1. The fourth-order valence-electron chi connectivity index (χ4n) is 5.57. The van der Waals surface area contributed by atoms with Crippen LogP contribution in [0.2, 0.25) is 0 Å². The molecule has 2 fully saturated rings. The van der Waals surface area contributed by atoms with Gasteiger partial charge in [0, 0.05) is 23.9 Å². The lowest BCUT2D eigenvalue weighted by atomic mass is 9.86. The van der Waals surface area contributed by atoms with Gasteiger partial charge in [-0.05, 0) is 70.0 Å². The molecule has 1 unspecified atom stereocenters. The Balaban J connectivity index is 1.35. The van der Waals surface area contributed by atoms with E-state index < -0.39 is 0 Å². The van der Waals surface area contributed by atoms with Crippen LogP contribution in [0.3, 0.4) is 0 Å². The molecule has 0 radical (unpaired) electrons. The van der Waals surface area contributed by atoms with Crippen molar-refractivity contribution in [2.24, 2.45) is 5.92 Å². The first-order chi connectivity index (χ1) is 15.0. The standard InChI is InChI=1S/C24H32N4O2S/c1-15-5-8-17(9-6-15)28-12-3-4-20(28)22-25-19-11-13-27(14-18(19)23(29)26-22)24(30)21-10-7-16(2)31-21/h7,10,15,17,20H,3-6,8-9,11-14H2,1-2H3,(H,25,26,29). The van der Waals surface area contributed by atoms with Crippen LogP contribution in [-0.4, -0.2) is 44.8 Å². The predicted octanol–water partition coefficient (Wildman–Crippen LogP) is 4.05. The van der Waals surface area contributed by atoms with Gasteiger partial charge in [0.1, 0.15) is 5.82 Å². The smallest absolute Gasteiger partial charge is 0.264 e. The number of hydrogen-bond donors (Lipinski definition) is 1. The molecule has 6 nitrogen and oxygen atoms in total. The first-order valence-corrected chi connectivity index (χ1v) is 12.5. The summed E-state index contributed by atoms with van der Waals surface area (Å²) in [5, 5.41) is 0. The second kappa shape index (κ2) is 8.51. The summed E-state index contributed by atoms with van der Waals surface area (Å²) in [6, 6.07) is 4.69. The molecule has 1 amide bonds. The Hall–Kier alpha value is -1.99. The summed E-state index contributed by atoms with van der Waals surface area (Å²) in [5.41, 5.74) is 1.48. The van der Waals surface area contributed by atoms with Crippen LogP contribution in [0.25, 0.3) is 0 Å². The predicted molar refractivity (Wildman–Crippen MR) is 122 cm³/mol.